The van der Waals surface area contributed by atoms with Gasteiger partial charge in [-0.3, -0.25) is 19.6 Å². The second-order valence-corrected chi connectivity index (χ2v) is 35.4. The van der Waals surface area contributed by atoms with Crippen LogP contribution in [-0.4, -0.2) is 284 Å². The lowest BCUT2D eigenvalue weighted by atomic mass is 9.94. The van der Waals surface area contributed by atoms with Gasteiger partial charge in [0.2, 0.25) is 0 Å². The van der Waals surface area contributed by atoms with Gasteiger partial charge in [0.15, 0.2) is 0 Å². The Bertz CT molecular complexity index is 4370. The molecule has 7 saturated heterocycles. The van der Waals surface area contributed by atoms with Gasteiger partial charge in [-0.1, -0.05) is 120 Å². The normalized spacial score (nSPS) is 25.8. The molecule has 0 aliphatic carbocycles. The van der Waals surface area contributed by atoms with E-state index < -0.39 is 0 Å². The molecule has 117 heavy (non-hydrogen) atoms. The highest BCUT2D eigenvalue weighted by atomic mass is 35.5. The highest BCUT2D eigenvalue weighted by Gasteiger charge is 2.42. The number of anilines is 1. The van der Waals surface area contributed by atoms with Crippen molar-refractivity contribution in [1.29, 1.82) is 0 Å². The largest absolute Gasteiger partial charge is 0.385 e. The van der Waals surface area contributed by atoms with Crippen molar-refractivity contribution in [2.24, 2.45) is 63.7 Å². The van der Waals surface area contributed by atoms with Crippen LogP contribution in [0.3, 0.4) is 0 Å². The van der Waals surface area contributed by atoms with Crippen LogP contribution in [0, 0.1) is 0 Å². The van der Waals surface area contributed by atoms with E-state index in [4.69, 9.17) is 83.5 Å². The van der Waals surface area contributed by atoms with Gasteiger partial charge in [0.05, 0.1) is 57.7 Å². The first-order valence-corrected chi connectivity index (χ1v) is 43.7. The Balaban J connectivity index is 0.000000129. The van der Waals surface area contributed by atoms with Crippen LogP contribution in [0.15, 0.2) is 174 Å². The van der Waals surface area contributed by atoms with E-state index in [1.165, 1.54) is 65.9 Å². The molecule has 12 aliphatic heterocycles. The third kappa shape index (κ3) is 23.2. The second kappa shape index (κ2) is 41.0. The Morgan fingerprint density at radius 3 is 1.27 bits per heavy atom. The molecule has 25 nitrogen and oxygen atoms in total. The predicted molar refractivity (Wildman–Crippen MR) is 478 cm³/mol. The van der Waals surface area contributed by atoms with Crippen molar-refractivity contribution in [2.75, 3.05) is 138 Å². The molecule has 0 radical (unpaired) electrons. The number of methoxy groups -OCH3 is 1. The van der Waals surface area contributed by atoms with Gasteiger partial charge >= 0.3 is 0 Å². The average Bonchev–Trinajstić information content (AvgIpc) is 1.75. The number of likely N-dealkylation sites (tertiary alicyclic amines) is 4. The SMILES string of the molecule is C=C1COC[C@H](Cc2ccc(Cl)cc2)N(C2CCN(C3=NN=C(N)C3)CC2)C1.CN1CC(Cc2ccc(Cl)cc2)N(C2CCN(C3=NN=C(N)C3)CC2)Cc2ccccc21.CN1CCCN(C2CCN(C3=NN=C(N)C3)CC2)C(Cc2ccc(Cl)cc2)C1.CO[C@H]1CN(C2=NN=C(N)C2)CCC1N1C[C@H](C)OCC1Cc1ccc(Cl)cc1. The number of halogens is 4. The van der Waals surface area contributed by atoms with Crippen LogP contribution in [0.25, 0.3) is 0 Å². The summed E-state index contributed by atoms with van der Waals surface area (Å²) in [5.41, 5.74) is 32.4. The monoisotopic (exact) mass is 1670 g/mol. The first-order valence-electron chi connectivity index (χ1n) is 42.2. The maximum atomic E-state index is 6.14. The number of ether oxygens (including phenoxy) is 3. The number of nitrogens with two attached hydrogens (primary N) is 4. The number of rotatable bonds is 13. The molecule has 12 heterocycles. The Kier molecular flexibility index (Phi) is 30.0. The van der Waals surface area contributed by atoms with Gasteiger partial charge in [-0.05, 0) is 186 Å². The number of hydrogen-bond acceptors (Lipinski definition) is 25. The standard InChI is InChI=1S/C25H31ClN6.C21H31ClN6.C21H30ClN5O2.C21H28ClN5O/c1-30-17-22(14-18-6-8-20(26)9-7-18)32(16-19-4-2-3-5-23(19)30)21-10-12-31(13-11-21)25-15-24(27)28-29-25;1-26-9-2-10-28(19(15-26)13-16-3-5-17(22)6-4-16)18-7-11-27(12-8-18)21-14-20(23)24-25-21;1-14-11-27(17(13-29-14)9-15-3-5-16(22)6-4-15)18-7-8-26(12-19(18)28-2)21-10-20(23)24-25-21;1-15-12-27(18-6-8-26(9-7-18)21-11-20(23)24-25-21)19(14-28-13-15)10-16-2-4-17(22)5-3-16/h2-9,21-22H,10-17H2,1H3,(H2,27,28);3-6,18-19H,2,7-15H2,1H3,(H2,23,24);3-6,14,17-19H,7-13H2,1-2H3,(H2,23,24);2-5,18-19H,1,6-14H2,(H2,23,24)/t;;14-,17?,18?,19-;19-/m..00/s1. The summed E-state index contributed by atoms with van der Waals surface area (Å²) in [5, 5.41) is 36.2. The number of benzene rings is 5. The Labute approximate surface area is 712 Å². The summed E-state index contributed by atoms with van der Waals surface area (Å²) in [7, 11) is 6.28. The number of amidine groups is 8. The van der Waals surface area contributed by atoms with Gasteiger partial charge in [0, 0.05) is 180 Å². The fourth-order valence-electron chi connectivity index (χ4n) is 19.1. The van der Waals surface area contributed by atoms with Crippen molar-refractivity contribution >= 4 is 98.8 Å². The van der Waals surface area contributed by atoms with Gasteiger partial charge in [0.1, 0.15) is 46.7 Å². The van der Waals surface area contributed by atoms with Crippen LogP contribution < -0.4 is 27.8 Å². The third-order valence-electron chi connectivity index (χ3n) is 25.2. The van der Waals surface area contributed by atoms with Gasteiger partial charge < -0.3 is 66.5 Å². The van der Waals surface area contributed by atoms with Gasteiger partial charge in [0.25, 0.3) is 0 Å². The molecule has 7 atom stereocenters. The molecule has 628 valence electrons. The maximum Gasteiger partial charge on any atom is 0.135 e. The van der Waals surface area contributed by atoms with Crippen LogP contribution in [0.2, 0.25) is 20.1 Å². The zero-order valence-electron chi connectivity index (χ0n) is 68.7. The lowest BCUT2D eigenvalue weighted by Gasteiger charge is -2.49. The number of nitrogens with zero attached hydrogens (tertiary/aromatic N) is 18. The average molecular weight is 1680 g/mol. The molecule has 0 aromatic heterocycles. The molecular formula is C88H120Cl4N22O3. The fraction of sp³-hybridized carbons (Fsp3) is 0.545. The Hall–Kier alpha value is -7.76. The summed E-state index contributed by atoms with van der Waals surface area (Å²) in [5.74, 6) is 6.49. The third-order valence-corrected chi connectivity index (χ3v) is 26.3. The lowest BCUT2D eigenvalue weighted by Crippen LogP contribution is -2.62. The van der Waals surface area contributed by atoms with E-state index in [2.05, 4.69) is 190 Å². The van der Waals surface area contributed by atoms with Crippen molar-refractivity contribution in [2.45, 2.75) is 177 Å². The minimum absolute atomic E-state index is 0.103. The summed E-state index contributed by atoms with van der Waals surface area (Å²) < 4.78 is 17.9. The van der Waals surface area contributed by atoms with E-state index >= 15 is 0 Å². The molecule has 4 unspecified atom stereocenters. The number of piperidine rings is 4. The zero-order chi connectivity index (χ0) is 81.5. The predicted octanol–water partition coefficient (Wildman–Crippen LogP) is 11.0. The molecular weight excluding hydrogens is 1550 g/mol. The summed E-state index contributed by atoms with van der Waals surface area (Å²) in [6.07, 6.45) is 16.1. The first kappa shape index (κ1) is 85.7. The number of fused-ring (bicyclic) bond motifs is 1. The maximum absolute atomic E-state index is 6.14. The van der Waals surface area contributed by atoms with E-state index in [0.717, 1.165) is 205 Å². The number of para-hydroxylation sites is 1. The molecule has 0 saturated carbocycles. The molecule has 0 bridgehead atoms. The highest BCUT2D eigenvalue weighted by Crippen LogP contribution is 2.35. The van der Waals surface area contributed by atoms with Gasteiger partial charge in [-0.2, -0.15) is 0 Å². The molecule has 8 N–H and O–H groups in total. The summed E-state index contributed by atoms with van der Waals surface area (Å²) in [4.78, 5) is 25.0. The number of hydrogen-bond donors (Lipinski definition) is 4. The van der Waals surface area contributed by atoms with Crippen molar-refractivity contribution in [3.8, 4) is 0 Å². The van der Waals surface area contributed by atoms with Crippen molar-refractivity contribution in [3.63, 3.8) is 0 Å². The summed E-state index contributed by atoms with van der Waals surface area (Å²) >= 11 is 24.3. The Morgan fingerprint density at radius 2 is 0.829 bits per heavy atom. The molecule has 29 heteroatoms. The van der Waals surface area contributed by atoms with Crippen LogP contribution in [-0.2, 0) is 46.4 Å². The number of likely N-dealkylation sites (N-methyl/N-ethyl adjacent to an activating group) is 2. The molecule has 17 rings (SSSR count). The zero-order valence-corrected chi connectivity index (χ0v) is 71.7. The van der Waals surface area contributed by atoms with Gasteiger partial charge in [-0.15, -0.1) is 40.8 Å². The smallest absolute Gasteiger partial charge is 0.135 e. The minimum atomic E-state index is 0.103. The quantitative estimate of drug-likeness (QED) is 0.0799. The van der Waals surface area contributed by atoms with Crippen LogP contribution >= 0.6 is 46.4 Å². The van der Waals surface area contributed by atoms with Crippen molar-refractivity contribution in [1.82, 2.24) is 44.1 Å². The van der Waals surface area contributed by atoms with Crippen LogP contribution in [0.4, 0.5) is 5.69 Å². The minimum Gasteiger partial charge on any atom is -0.385 e. The van der Waals surface area contributed by atoms with E-state index in [0.29, 0.717) is 104 Å². The molecule has 12 aliphatic rings. The molecule has 0 spiro atoms. The Morgan fingerprint density at radius 1 is 0.427 bits per heavy atom. The van der Waals surface area contributed by atoms with E-state index in [-0.39, 0.29) is 12.2 Å². The summed E-state index contributed by atoms with van der Waals surface area (Å²) in [6.45, 7) is 23.6. The van der Waals surface area contributed by atoms with E-state index in [9.17, 15) is 0 Å². The fourth-order valence-corrected chi connectivity index (χ4v) is 19.6. The molecule has 5 aromatic carbocycles. The molecule has 7 fully saturated rings. The summed E-state index contributed by atoms with van der Waals surface area (Å²) in [6, 6.07) is 45.6. The van der Waals surface area contributed by atoms with Crippen molar-refractivity contribution < 1.29 is 14.2 Å². The second-order valence-electron chi connectivity index (χ2n) is 33.6. The van der Waals surface area contributed by atoms with E-state index in [1.807, 2.05) is 48.5 Å². The molecule has 5 aromatic rings. The van der Waals surface area contributed by atoms with Gasteiger partial charge in [-0.25, -0.2) is 0 Å². The van der Waals surface area contributed by atoms with Crippen LogP contribution in [0.1, 0.15) is 112 Å². The topological polar surface area (TPSA) is 263 Å². The highest BCUT2D eigenvalue weighted by molar-refractivity contribution is 6.31. The van der Waals surface area contributed by atoms with Crippen LogP contribution in [0.5, 0.6) is 0 Å². The first-order chi connectivity index (χ1) is 56.8. The van der Waals surface area contributed by atoms with Crippen molar-refractivity contribution in [3.05, 3.63) is 181 Å². The van der Waals surface area contributed by atoms with E-state index in [1.54, 1.807) is 7.11 Å². The number of morpholine rings is 1. The molecule has 0 amide bonds. The lowest BCUT2D eigenvalue weighted by molar-refractivity contribution is -0.109.